The minimum atomic E-state index is -0.157. The number of fused-ring (bicyclic) bond motifs is 1. The van der Waals surface area contributed by atoms with E-state index in [9.17, 15) is 4.79 Å². The number of carbonyl (C=O) groups is 1. The van der Waals surface area contributed by atoms with E-state index in [1.165, 1.54) is 0 Å². The monoisotopic (exact) mass is 331 g/mol. The number of benzene rings is 1. The predicted molar refractivity (Wildman–Crippen MR) is 90.8 cm³/mol. The van der Waals surface area contributed by atoms with Gasteiger partial charge in [-0.25, -0.2) is 0 Å². The number of aromatic amines is 1. The maximum atomic E-state index is 12.4. The molecule has 3 aromatic rings. The van der Waals surface area contributed by atoms with Crippen molar-refractivity contribution < 1.29 is 9.21 Å². The molecule has 0 aliphatic carbocycles. The molecule has 0 aliphatic heterocycles. The van der Waals surface area contributed by atoms with Crippen molar-refractivity contribution in [2.75, 3.05) is 20.6 Å². The highest BCUT2D eigenvalue weighted by atomic mass is 35.5. The van der Waals surface area contributed by atoms with E-state index in [0.717, 1.165) is 16.7 Å². The van der Waals surface area contributed by atoms with Crippen molar-refractivity contribution >= 4 is 28.4 Å². The second-order valence-electron chi connectivity index (χ2n) is 5.62. The molecule has 0 spiro atoms. The molecular formula is C17H18ClN3O2. The molecule has 5 nitrogen and oxygen atoms in total. The lowest BCUT2D eigenvalue weighted by molar-refractivity contribution is 0.0935. The maximum absolute atomic E-state index is 12.4. The Morgan fingerprint density at radius 1 is 1.35 bits per heavy atom. The molecule has 1 atom stereocenters. The van der Waals surface area contributed by atoms with Crippen LogP contribution in [0, 0.1) is 0 Å². The van der Waals surface area contributed by atoms with Crippen molar-refractivity contribution in [1.29, 1.82) is 0 Å². The van der Waals surface area contributed by atoms with Gasteiger partial charge in [-0.15, -0.1) is 0 Å². The van der Waals surface area contributed by atoms with Crippen LogP contribution in [0.1, 0.15) is 22.3 Å². The molecule has 2 heterocycles. The van der Waals surface area contributed by atoms with Crippen molar-refractivity contribution in [3.05, 3.63) is 59.1 Å². The Balaban J connectivity index is 1.72. The minimum absolute atomic E-state index is 0.0206. The summed E-state index contributed by atoms with van der Waals surface area (Å²) in [5.74, 6) is 0.662. The van der Waals surface area contributed by atoms with Gasteiger partial charge in [0, 0.05) is 22.5 Å². The van der Waals surface area contributed by atoms with Crippen molar-refractivity contribution in [3.8, 4) is 0 Å². The molecule has 0 saturated heterocycles. The summed E-state index contributed by atoms with van der Waals surface area (Å²) in [6.07, 6.45) is 1.63. The van der Waals surface area contributed by atoms with Crippen LogP contribution in [0.25, 0.3) is 10.9 Å². The third-order valence-corrected chi connectivity index (χ3v) is 4.01. The van der Waals surface area contributed by atoms with Crippen LogP contribution >= 0.6 is 11.6 Å². The maximum Gasteiger partial charge on any atom is 0.267 e. The number of nitrogens with one attached hydrogen (secondary N) is 2. The van der Waals surface area contributed by atoms with Gasteiger partial charge in [0.05, 0.1) is 12.3 Å². The number of halogens is 1. The molecular weight excluding hydrogens is 314 g/mol. The number of carbonyl (C=O) groups excluding carboxylic acids is 1. The van der Waals surface area contributed by atoms with Gasteiger partial charge in [-0.05, 0) is 50.5 Å². The first kappa shape index (κ1) is 15.6. The Hall–Kier alpha value is -2.24. The predicted octanol–water partition coefficient (Wildman–Crippen LogP) is 3.45. The zero-order valence-electron chi connectivity index (χ0n) is 13.0. The van der Waals surface area contributed by atoms with Gasteiger partial charge in [-0.2, -0.15) is 0 Å². The number of likely N-dealkylation sites (N-methyl/N-ethyl adjacent to an activating group) is 1. The number of furan rings is 1. The number of hydrogen-bond donors (Lipinski definition) is 2. The third kappa shape index (κ3) is 3.41. The van der Waals surface area contributed by atoms with E-state index in [2.05, 4.69) is 10.3 Å². The smallest absolute Gasteiger partial charge is 0.267 e. The molecule has 2 aromatic heterocycles. The molecule has 23 heavy (non-hydrogen) atoms. The van der Waals surface area contributed by atoms with E-state index in [0.29, 0.717) is 17.3 Å². The summed E-state index contributed by atoms with van der Waals surface area (Å²) in [5.41, 5.74) is 1.40. The van der Waals surface area contributed by atoms with Gasteiger partial charge in [0.15, 0.2) is 0 Å². The Kier molecular flexibility index (Phi) is 4.41. The molecule has 1 amide bonds. The van der Waals surface area contributed by atoms with Crippen LogP contribution < -0.4 is 5.32 Å². The fourth-order valence-electron chi connectivity index (χ4n) is 2.53. The van der Waals surface area contributed by atoms with Crippen LogP contribution in [0.5, 0.6) is 0 Å². The first-order chi connectivity index (χ1) is 11.0. The molecule has 0 saturated carbocycles. The lowest BCUT2D eigenvalue weighted by atomic mass is 10.2. The molecule has 6 heteroatoms. The summed E-state index contributed by atoms with van der Waals surface area (Å²) in [6.45, 7) is 0.454. The van der Waals surface area contributed by atoms with Gasteiger partial charge in [0.25, 0.3) is 5.91 Å². The zero-order valence-corrected chi connectivity index (χ0v) is 13.7. The SMILES string of the molecule is CN(C)[C@@H](CNC(=O)c1cc2cc(Cl)ccc2[nH]1)c1ccco1. The van der Waals surface area contributed by atoms with Crippen LogP contribution in [0.3, 0.4) is 0 Å². The van der Waals surface area contributed by atoms with Crippen LogP contribution in [0.4, 0.5) is 0 Å². The van der Waals surface area contributed by atoms with Crippen LogP contribution in [-0.4, -0.2) is 36.4 Å². The van der Waals surface area contributed by atoms with E-state index in [1.54, 1.807) is 18.4 Å². The molecule has 0 aliphatic rings. The lowest BCUT2D eigenvalue weighted by Gasteiger charge is -2.22. The van der Waals surface area contributed by atoms with E-state index in [-0.39, 0.29) is 11.9 Å². The van der Waals surface area contributed by atoms with Gasteiger partial charge in [-0.1, -0.05) is 11.6 Å². The number of hydrogen-bond acceptors (Lipinski definition) is 3. The van der Waals surface area contributed by atoms with Crippen molar-refractivity contribution in [1.82, 2.24) is 15.2 Å². The fraction of sp³-hybridized carbons (Fsp3) is 0.235. The Bertz CT molecular complexity index is 808. The number of amides is 1. The summed E-state index contributed by atoms with van der Waals surface area (Å²) in [4.78, 5) is 17.5. The Morgan fingerprint density at radius 3 is 2.87 bits per heavy atom. The first-order valence-corrected chi connectivity index (χ1v) is 7.68. The van der Waals surface area contributed by atoms with E-state index >= 15 is 0 Å². The van der Waals surface area contributed by atoms with Gasteiger partial charge in [0.2, 0.25) is 0 Å². The van der Waals surface area contributed by atoms with Crippen LogP contribution in [0.2, 0.25) is 5.02 Å². The summed E-state index contributed by atoms with van der Waals surface area (Å²) in [6, 6.07) is 11.0. The highest BCUT2D eigenvalue weighted by Gasteiger charge is 2.19. The summed E-state index contributed by atoms with van der Waals surface area (Å²) in [5, 5.41) is 4.50. The number of H-pyrrole nitrogens is 1. The quantitative estimate of drug-likeness (QED) is 0.752. The number of rotatable bonds is 5. The van der Waals surface area contributed by atoms with Crippen LogP contribution in [-0.2, 0) is 0 Å². The molecule has 2 N–H and O–H groups in total. The highest BCUT2D eigenvalue weighted by Crippen LogP contribution is 2.21. The fourth-order valence-corrected chi connectivity index (χ4v) is 2.71. The van der Waals surface area contributed by atoms with Gasteiger partial charge < -0.3 is 14.7 Å². The average molecular weight is 332 g/mol. The van der Waals surface area contributed by atoms with E-state index < -0.39 is 0 Å². The summed E-state index contributed by atoms with van der Waals surface area (Å²) in [7, 11) is 3.90. The van der Waals surface area contributed by atoms with E-state index in [1.807, 2.05) is 43.3 Å². The highest BCUT2D eigenvalue weighted by molar-refractivity contribution is 6.31. The summed E-state index contributed by atoms with van der Waals surface area (Å²) < 4.78 is 5.44. The molecule has 0 bridgehead atoms. The molecule has 0 radical (unpaired) electrons. The van der Waals surface area contributed by atoms with E-state index in [4.69, 9.17) is 16.0 Å². The molecule has 3 rings (SSSR count). The first-order valence-electron chi connectivity index (χ1n) is 7.31. The molecule has 120 valence electrons. The third-order valence-electron chi connectivity index (χ3n) is 3.78. The Labute approximate surface area is 139 Å². The zero-order chi connectivity index (χ0) is 16.4. The summed E-state index contributed by atoms with van der Waals surface area (Å²) >= 11 is 5.97. The molecule has 0 fully saturated rings. The molecule has 0 unspecified atom stereocenters. The topological polar surface area (TPSA) is 61.3 Å². The van der Waals surface area contributed by atoms with Crippen LogP contribution in [0.15, 0.2) is 47.1 Å². The average Bonchev–Trinajstić information content (AvgIpc) is 3.15. The number of aromatic nitrogens is 1. The van der Waals surface area contributed by atoms with Crippen molar-refractivity contribution in [2.45, 2.75) is 6.04 Å². The second kappa shape index (κ2) is 6.48. The lowest BCUT2D eigenvalue weighted by Crippen LogP contribution is -2.34. The van der Waals surface area contributed by atoms with Crippen molar-refractivity contribution in [3.63, 3.8) is 0 Å². The largest absolute Gasteiger partial charge is 0.468 e. The van der Waals surface area contributed by atoms with Crippen molar-refractivity contribution in [2.24, 2.45) is 0 Å². The number of nitrogens with zero attached hydrogens (tertiary/aromatic N) is 1. The van der Waals surface area contributed by atoms with Gasteiger partial charge >= 0.3 is 0 Å². The Morgan fingerprint density at radius 2 is 2.17 bits per heavy atom. The van der Waals surface area contributed by atoms with Gasteiger partial charge in [-0.3, -0.25) is 9.69 Å². The minimum Gasteiger partial charge on any atom is -0.468 e. The standard InChI is InChI=1S/C17H18ClN3O2/c1-21(2)15(16-4-3-7-23-16)10-19-17(22)14-9-11-8-12(18)5-6-13(11)20-14/h3-9,15,20H,10H2,1-2H3,(H,19,22)/t15-/m0/s1. The second-order valence-corrected chi connectivity index (χ2v) is 6.06. The molecule has 1 aromatic carbocycles. The van der Waals surface area contributed by atoms with Gasteiger partial charge in [0.1, 0.15) is 11.5 Å². The normalized spacial score (nSPS) is 12.7.